The number of carbonyl (C=O) groups excluding carboxylic acids is 1. The summed E-state index contributed by atoms with van der Waals surface area (Å²) in [5.74, 6) is -0.541. The minimum atomic E-state index is -0.786. The van der Waals surface area contributed by atoms with Gasteiger partial charge in [0, 0.05) is 12.6 Å². The van der Waals surface area contributed by atoms with Gasteiger partial charge in [-0.05, 0) is 36.1 Å². The van der Waals surface area contributed by atoms with Gasteiger partial charge in [-0.15, -0.1) is 0 Å². The van der Waals surface area contributed by atoms with E-state index in [0.717, 1.165) is 24.0 Å². The molecule has 0 heterocycles. The Morgan fingerprint density at radius 3 is 2.21 bits per heavy atom. The Labute approximate surface area is 165 Å². The zero-order valence-corrected chi connectivity index (χ0v) is 16.0. The Kier molecular flexibility index (Phi) is 7.20. The molecule has 1 fully saturated rings. The number of para-hydroxylation sites is 1. The van der Waals surface area contributed by atoms with E-state index in [1.54, 1.807) is 12.1 Å². The molecule has 0 atom stereocenters. The molecule has 0 bridgehead atoms. The van der Waals surface area contributed by atoms with Crippen molar-refractivity contribution in [3.8, 4) is 5.75 Å². The van der Waals surface area contributed by atoms with Gasteiger partial charge < -0.3 is 9.84 Å². The van der Waals surface area contributed by atoms with Crippen LogP contribution in [0.15, 0.2) is 54.6 Å². The molecule has 3 rings (SSSR count). The van der Waals surface area contributed by atoms with E-state index in [9.17, 15) is 14.7 Å². The Morgan fingerprint density at radius 1 is 0.929 bits per heavy atom. The molecule has 0 spiro atoms. The fourth-order valence-corrected chi connectivity index (χ4v) is 3.75. The molecular formula is C23H27NO4. The normalized spacial score (nSPS) is 14.8. The fourth-order valence-electron chi connectivity index (χ4n) is 3.75. The lowest BCUT2D eigenvalue weighted by Crippen LogP contribution is -2.39. The molecule has 1 aliphatic carbocycles. The van der Waals surface area contributed by atoms with Crippen LogP contribution in [0.3, 0.4) is 0 Å². The Balaban J connectivity index is 1.57. The third-order valence-corrected chi connectivity index (χ3v) is 5.16. The second-order valence-corrected chi connectivity index (χ2v) is 7.37. The first-order chi connectivity index (χ1) is 13.6. The van der Waals surface area contributed by atoms with E-state index < -0.39 is 5.97 Å². The lowest BCUT2D eigenvalue weighted by molar-refractivity contribution is -0.139. The first kappa shape index (κ1) is 20.1. The molecule has 0 aliphatic heterocycles. The maximum Gasteiger partial charge on any atom is 0.317 e. The highest BCUT2D eigenvalue weighted by Crippen LogP contribution is 2.24. The molecule has 1 saturated carbocycles. The molecule has 1 N–H and O–H groups in total. The monoisotopic (exact) mass is 381 g/mol. The third kappa shape index (κ3) is 6.20. The van der Waals surface area contributed by atoms with Crippen molar-refractivity contribution < 1.29 is 19.4 Å². The number of rotatable bonds is 8. The first-order valence-electron chi connectivity index (χ1n) is 9.89. The van der Waals surface area contributed by atoms with Crippen molar-refractivity contribution in [1.29, 1.82) is 0 Å². The zero-order valence-electron chi connectivity index (χ0n) is 16.0. The van der Waals surface area contributed by atoms with Gasteiger partial charge in [-0.3, -0.25) is 14.5 Å². The van der Waals surface area contributed by atoms with Crippen LogP contribution in [-0.2, 0) is 22.6 Å². The minimum absolute atomic E-state index is 0.0653. The number of hydrogen-bond donors (Lipinski definition) is 1. The van der Waals surface area contributed by atoms with E-state index >= 15 is 0 Å². The quantitative estimate of drug-likeness (QED) is 0.552. The van der Waals surface area contributed by atoms with Gasteiger partial charge in [0.05, 0.1) is 13.0 Å². The first-order valence-corrected chi connectivity index (χ1v) is 9.89. The summed E-state index contributed by atoms with van der Waals surface area (Å²) in [5, 5.41) is 9.26. The smallest absolute Gasteiger partial charge is 0.317 e. The lowest BCUT2D eigenvalue weighted by atomic mass is 9.93. The molecule has 2 aromatic carbocycles. The molecule has 0 saturated heterocycles. The number of hydrogen-bond acceptors (Lipinski definition) is 4. The maximum absolute atomic E-state index is 12.1. The van der Waals surface area contributed by atoms with Crippen LogP contribution in [0.1, 0.15) is 43.2 Å². The predicted molar refractivity (Wildman–Crippen MR) is 107 cm³/mol. The Morgan fingerprint density at radius 2 is 1.57 bits per heavy atom. The second kappa shape index (κ2) is 10.0. The number of ether oxygens (including phenoxy) is 1. The maximum atomic E-state index is 12.1. The highest BCUT2D eigenvalue weighted by Gasteiger charge is 2.23. The molecule has 5 heteroatoms. The summed E-state index contributed by atoms with van der Waals surface area (Å²) >= 11 is 0. The Bertz CT molecular complexity index is 767. The molecule has 0 aromatic heterocycles. The molecule has 28 heavy (non-hydrogen) atoms. The van der Waals surface area contributed by atoms with Gasteiger partial charge in [-0.1, -0.05) is 61.7 Å². The number of nitrogens with zero attached hydrogens (tertiary/aromatic N) is 1. The summed E-state index contributed by atoms with van der Waals surface area (Å²) in [5.41, 5.74) is 1.94. The van der Waals surface area contributed by atoms with Gasteiger partial charge in [-0.25, -0.2) is 0 Å². The van der Waals surface area contributed by atoms with Gasteiger partial charge in [-0.2, -0.15) is 0 Å². The molecule has 1 aliphatic rings. The predicted octanol–water partition coefficient (Wildman–Crippen LogP) is 4.05. The van der Waals surface area contributed by atoms with E-state index in [1.165, 1.54) is 19.3 Å². The minimum Gasteiger partial charge on any atom is -0.480 e. The van der Waals surface area contributed by atoms with E-state index in [-0.39, 0.29) is 18.9 Å². The van der Waals surface area contributed by atoms with Crippen molar-refractivity contribution >= 4 is 11.9 Å². The van der Waals surface area contributed by atoms with Gasteiger partial charge in [0.2, 0.25) is 0 Å². The molecule has 0 radical (unpaired) electrons. The zero-order chi connectivity index (χ0) is 19.8. The number of carbonyl (C=O) groups is 2. The molecule has 0 unspecified atom stereocenters. The van der Waals surface area contributed by atoms with E-state index in [4.69, 9.17) is 4.74 Å². The molecule has 0 amide bonds. The number of carboxylic acid groups (broad SMARTS) is 1. The third-order valence-electron chi connectivity index (χ3n) is 5.16. The largest absolute Gasteiger partial charge is 0.480 e. The van der Waals surface area contributed by atoms with Crippen LogP contribution in [0.25, 0.3) is 0 Å². The van der Waals surface area contributed by atoms with Gasteiger partial charge in [0.25, 0.3) is 0 Å². The molecule has 148 valence electrons. The van der Waals surface area contributed by atoms with E-state index in [0.29, 0.717) is 18.3 Å². The fraction of sp³-hybridized carbons (Fsp3) is 0.391. The lowest BCUT2D eigenvalue weighted by Gasteiger charge is -2.33. The molecular weight excluding hydrogens is 354 g/mol. The average Bonchev–Trinajstić information content (AvgIpc) is 2.70. The van der Waals surface area contributed by atoms with Crippen molar-refractivity contribution in [2.45, 2.75) is 51.1 Å². The number of aliphatic carboxylic acids is 1. The van der Waals surface area contributed by atoms with Crippen molar-refractivity contribution in [2.75, 3.05) is 6.54 Å². The molecule has 2 aromatic rings. The molecule has 5 nitrogen and oxygen atoms in total. The van der Waals surface area contributed by atoms with E-state index in [2.05, 4.69) is 4.90 Å². The summed E-state index contributed by atoms with van der Waals surface area (Å²) in [6, 6.07) is 17.2. The van der Waals surface area contributed by atoms with Crippen molar-refractivity contribution in [3.63, 3.8) is 0 Å². The van der Waals surface area contributed by atoms with E-state index in [1.807, 2.05) is 42.5 Å². The van der Waals surface area contributed by atoms with Crippen LogP contribution in [0.2, 0.25) is 0 Å². The number of esters is 1. The summed E-state index contributed by atoms with van der Waals surface area (Å²) in [6.45, 7) is 0.682. The van der Waals surface area contributed by atoms with Crippen molar-refractivity contribution in [3.05, 3.63) is 65.7 Å². The highest BCUT2D eigenvalue weighted by atomic mass is 16.5. The summed E-state index contributed by atoms with van der Waals surface area (Å²) in [6.07, 6.45) is 5.92. The van der Waals surface area contributed by atoms with Crippen LogP contribution in [0.4, 0.5) is 0 Å². The van der Waals surface area contributed by atoms with Gasteiger partial charge in [0.15, 0.2) is 0 Å². The average molecular weight is 381 g/mol. The Hall–Kier alpha value is -2.66. The van der Waals surface area contributed by atoms with Crippen LogP contribution in [0, 0.1) is 0 Å². The van der Waals surface area contributed by atoms with Crippen LogP contribution in [0.5, 0.6) is 5.75 Å². The van der Waals surface area contributed by atoms with Crippen LogP contribution >= 0.6 is 0 Å². The summed E-state index contributed by atoms with van der Waals surface area (Å²) in [7, 11) is 0. The van der Waals surface area contributed by atoms with Crippen molar-refractivity contribution in [2.24, 2.45) is 0 Å². The van der Waals surface area contributed by atoms with Crippen LogP contribution in [-0.4, -0.2) is 34.5 Å². The summed E-state index contributed by atoms with van der Waals surface area (Å²) < 4.78 is 5.32. The summed E-state index contributed by atoms with van der Waals surface area (Å²) in [4.78, 5) is 25.4. The number of carboxylic acids is 1. The van der Waals surface area contributed by atoms with Gasteiger partial charge >= 0.3 is 11.9 Å². The second-order valence-electron chi connectivity index (χ2n) is 7.37. The van der Waals surface area contributed by atoms with Gasteiger partial charge in [0.1, 0.15) is 5.75 Å². The van der Waals surface area contributed by atoms with Crippen molar-refractivity contribution in [1.82, 2.24) is 4.90 Å². The topological polar surface area (TPSA) is 66.8 Å². The highest BCUT2D eigenvalue weighted by molar-refractivity contribution is 5.75. The van der Waals surface area contributed by atoms with Crippen LogP contribution < -0.4 is 4.74 Å². The SMILES string of the molecule is O=C(O)CN(Cc1ccc(CC(=O)Oc2ccccc2)cc1)C1CCCCC1. The number of benzene rings is 2. The standard InChI is InChI=1S/C23H27NO4/c25-22(26)17-24(20-7-3-1-4-8-20)16-19-13-11-18(12-14-19)15-23(27)28-21-9-5-2-6-10-21/h2,5-6,9-14,20H,1,3-4,7-8,15-17H2,(H,25,26).